The molecule has 0 unspecified atom stereocenters. The van der Waals surface area contributed by atoms with Gasteiger partial charge in [0.25, 0.3) is 5.56 Å². The molecule has 1 aromatic heterocycles. The van der Waals surface area contributed by atoms with E-state index < -0.39 is 0 Å². The second kappa shape index (κ2) is 7.25. The molecule has 0 amide bonds. The summed E-state index contributed by atoms with van der Waals surface area (Å²) in [6, 6.07) is 0.509. The van der Waals surface area contributed by atoms with Gasteiger partial charge in [-0.2, -0.15) is 0 Å². The van der Waals surface area contributed by atoms with E-state index in [1.54, 1.807) is 7.05 Å². The quantitative estimate of drug-likeness (QED) is 0.719. The molecule has 1 aliphatic heterocycles. The molecule has 2 rings (SSSR count). The van der Waals surface area contributed by atoms with Gasteiger partial charge in [0.15, 0.2) is 0 Å². The van der Waals surface area contributed by atoms with Crippen LogP contribution in [0.5, 0.6) is 0 Å². The molecule has 23 heavy (non-hydrogen) atoms. The van der Waals surface area contributed by atoms with Gasteiger partial charge in [-0.3, -0.25) is 13.9 Å². The molecule has 0 radical (unpaired) electrons. The van der Waals surface area contributed by atoms with E-state index in [1.165, 1.54) is 9.13 Å². The lowest BCUT2D eigenvalue weighted by molar-refractivity contribution is 0.290. The Hall–Kier alpha value is -1.69. The molecule has 0 aromatic carbocycles. The maximum Gasteiger partial charge on any atom is 0.332 e. The fraction of sp³-hybridized carbons (Fsp3) is 0.706. The van der Waals surface area contributed by atoms with Gasteiger partial charge in [0.2, 0.25) is 0 Å². The minimum Gasteiger partial charge on any atom is -0.307 e. The summed E-state index contributed by atoms with van der Waals surface area (Å²) in [5, 5.41) is 0. The standard InChI is InChI=1S/C17H28N4O2/c1-6-13-11-14-15(18-13)20(5)17(23)21(16(14)22)10-8-7-9-12(2)19(3)4/h12H,6-11H2,1-5H3/t12-/m0/s1. The number of unbranched alkanes of at least 4 members (excludes halogenated alkanes) is 1. The van der Waals surface area contributed by atoms with E-state index in [0.29, 0.717) is 30.4 Å². The number of hydrogen-bond acceptors (Lipinski definition) is 4. The summed E-state index contributed by atoms with van der Waals surface area (Å²) in [7, 11) is 5.83. The molecule has 0 aliphatic carbocycles. The van der Waals surface area contributed by atoms with Crippen LogP contribution >= 0.6 is 0 Å². The predicted molar refractivity (Wildman–Crippen MR) is 94.0 cm³/mol. The predicted octanol–water partition coefficient (Wildman–Crippen LogP) is 1.71. The van der Waals surface area contributed by atoms with Gasteiger partial charge < -0.3 is 4.90 Å². The molecule has 0 spiro atoms. The largest absolute Gasteiger partial charge is 0.332 e. The van der Waals surface area contributed by atoms with Crippen molar-refractivity contribution in [2.24, 2.45) is 12.0 Å². The molecule has 1 atom stereocenters. The highest BCUT2D eigenvalue weighted by Crippen LogP contribution is 2.22. The maximum absolute atomic E-state index is 12.6. The van der Waals surface area contributed by atoms with Gasteiger partial charge in [-0.25, -0.2) is 9.79 Å². The van der Waals surface area contributed by atoms with Crippen LogP contribution < -0.4 is 11.2 Å². The molecule has 0 bridgehead atoms. The lowest BCUT2D eigenvalue weighted by Crippen LogP contribution is -2.40. The summed E-state index contributed by atoms with van der Waals surface area (Å²) in [5.74, 6) is 0.550. The van der Waals surface area contributed by atoms with Crippen molar-refractivity contribution >= 4 is 11.5 Å². The zero-order valence-electron chi connectivity index (χ0n) is 14.9. The van der Waals surface area contributed by atoms with Crippen LogP contribution in [0.3, 0.4) is 0 Å². The monoisotopic (exact) mass is 320 g/mol. The lowest BCUT2D eigenvalue weighted by Gasteiger charge is -2.19. The minimum atomic E-state index is -0.254. The van der Waals surface area contributed by atoms with Crippen molar-refractivity contribution in [1.29, 1.82) is 0 Å². The second-order valence-corrected chi connectivity index (χ2v) is 6.62. The zero-order chi connectivity index (χ0) is 17.1. The van der Waals surface area contributed by atoms with Crippen molar-refractivity contribution in [2.75, 3.05) is 14.1 Å². The molecule has 1 aliphatic rings. The third-order valence-corrected chi connectivity index (χ3v) is 4.80. The van der Waals surface area contributed by atoms with E-state index in [2.05, 4.69) is 30.9 Å². The topological polar surface area (TPSA) is 59.6 Å². The average molecular weight is 320 g/mol. The first-order chi connectivity index (χ1) is 10.9. The Bertz CT molecular complexity index is 713. The Morgan fingerprint density at radius 2 is 1.96 bits per heavy atom. The number of fused-ring (bicyclic) bond motifs is 1. The van der Waals surface area contributed by atoms with Crippen molar-refractivity contribution in [3.05, 3.63) is 26.4 Å². The van der Waals surface area contributed by atoms with Crippen LogP contribution in [0.4, 0.5) is 5.82 Å². The highest BCUT2D eigenvalue weighted by molar-refractivity contribution is 5.92. The van der Waals surface area contributed by atoms with Gasteiger partial charge in [-0.15, -0.1) is 0 Å². The van der Waals surface area contributed by atoms with Crippen LogP contribution in [0, 0.1) is 0 Å². The fourth-order valence-corrected chi connectivity index (χ4v) is 2.88. The van der Waals surface area contributed by atoms with Crippen molar-refractivity contribution < 1.29 is 0 Å². The third-order valence-electron chi connectivity index (χ3n) is 4.80. The summed E-state index contributed by atoms with van der Waals surface area (Å²) in [4.78, 5) is 31.6. The Morgan fingerprint density at radius 1 is 1.26 bits per heavy atom. The van der Waals surface area contributed by atoms with Gasteiger partial charge in [-0.1, -0.05) is 13.3 Å². The van der Waals surface area contributed by atoms with E-state index in [9.17, 15) is 9.59 Å². The maximum atomic E-state index is 12.6. The first-order valence-electron chi connectivity index (χ1n) is 8.42. The van der Waals surface area contributed by atoms with E-state index >= 15 is 0 Å². The van der Waals surface area contributed by atoms with Crippen LogP contribution in [0.1, 0.15) is 45.1 Å². The number of nitrogens with zero attached hydrogens (tertiary/aromatic N) is 4. The number of hydrogen-bond donors (Lipinski definition) is 0. The van der Waals surface area contributed by atoms with E-state index in [1.807, 2.05) is 6.92 Å². The van der Waals surface area contributed by atoms with Gasteiger partial charge in [-0.05, 0) is 40.3 Å². The summed E-state index contributed by atoms with van der Waals surface area (Å²) < 4.78 is 2.90. The zero-order valence-corrected chi connectivity index (χ0v) is 14.9. The number of aliphatic imine (C=N–C) groups is 1. The molecule has 6 nitrogen and oxygen atoms in total. The molecular formula is C17H28N4O2. The van der Waals surface area contributed by atoms with Crippen LogP contribution in [-0.2, 0) is 20.0 Å². The second-order valence-electron chi connectivity index (χ2n) is 6.62. The summed E-state index contributed by atoms with van der Waals surface area (Å²) in [6.45, 7) is 4.69. The first-order valence-corrected chi connectivity index (χ1v) is 8.42. The Labute approximate surface area is 137 Å². The van der Waals surface area contributed by atoms with Crippen molar-refractivity contribution in [3.63, 3.8) is 0 Å². The lowest BCUT2D eigenvalue weighted by atomic mass is 10.1. The van der Waals surface area contributed by atoms with E-state index in [0.717, 1.165) is 31.4 Å². The summed E-state index contributed by atoms with van der Waals surface area (Å²) in [6.07, 6.45) is 4.30. The van der Waals surface area contributed by atoms with Gasteiger partial charge >= 0.3 is 5.69 Å². The minimum absolute atomic E-state index is 0.157. The summed E-state index contributed by atoms with van der Waals surface area (Å²) >= 11 is 0. The van der Waals surface area contributed by atoms with Crippen LogP contribution in [-0.4, -0.2) is 39.9 Å². The smallest absolute Gasteiger partial charge is 0.307 e. The van der Waals surface area contributed by atoms with E-state index in [4.69, 9.17) is 0 Å². The van der Waals surface area contributed by atoms with Crippen LogP contribution in [0.2, 0.25) is 0 Å². The number of rotatable bonds is 7. The first kappa shape index (κ1) is 17.7. The van der Waals surface area contributed by atoms with Crippen molar-refractivity contribution in [1.82, 2.24) is 14.0 Å². The SMILES string of the molecule is CCC1=Nc2c(c(=O)n(CCCC[C@H](C)N(C)C)c(=O)n2C)C1. The Morgan fingerprint density at radius 3 is 2.57 bits per heavy atom. The highest BCUT2D eigenvalue weighted by Gasteiger charge is 2.22. The summed E-state index contributed by atoms with van der Waals surface area (Å²) in [5.41, 5.74) is 1.24. The van der Waals surface area contributed by atoms with Gasteiger partial charge in [0.05, 0.1) is 5.56 Å². The van der Waals surface area contributed by atoms with E-state index in [-0.39, 0.29) is 11.2 Å². The molecule has 0 N–H and O–H groups in total. The van der Waals surface area contributed by atoms with Gasteiger partial charge in [0.1, 0.15) is 5.82 Å². The molecule has 0 saturated heterocycles. The van der Waals surface area contributed by atoms with Crippen molar-refractivity contribution in [3.8, 4) is 0 Å². The molecule has 128 valence electrons. The molecule has 2 heterocycles. The average Bonchev–Trinajstić information content (AvgIpc) is 2.96. The Kier molecular flexibility index (Phi) is 5.57. The molecule has 0 saturated carbocycles. The van der Waals surface area contributed by atoms with Crippen LogP contribution in [0.25, 0.3) is 0 Å². The molecule has 6 heteroatoms. The third kappa shape index (κ3) is 3.63. The molecular weight excluding hydrogens is 292 g/mol. The molecule has 1 aromatic rings. The Balaban J connectivity index is 2.13. The normalized spacial score (nSPS) is 15.0. The van der Waals surface area contributed by atoms with Crippen molar-refractivity contribution in [2.45, 2.75) is 58.5 Å². The fourth-order valence-electron chi connectivity index (χ4n) is 2.88. The van der Waals surface area contributed by atoms with Crippen LogP contribution in [0.15, 0.2) is 14.6 Å². The highest BCUT2D eigenvalue weighted by atomic mass is 16.2. The van der Waals surface area contributed by atoms with Gasteiger partial charge in [0, 0.05) is 31.8 Å². The molecule has 0 fully saturated rings. The number of aromatic nitrogens is 2.